The van der Waals surface area contributed by atoms with Gasteiger partial charge in [0.25, 0.3) is 0 Å². The summed E-state index contributed by atoms with van der Waals surface area (Å²) >= 11 is 0. The third kappa shape index (κ3) is 28.4. The SMILES string of the molecule is CCCCCCCCC(CCCCCC)COC(=O)CCCCCCCN(CCO)CCCCCCCC=O. The highest BCUT2D eigenvalue weighted by Gasteiger charge is 2.12. The van der Waals surface area contributed by atoms with Gasteiger partial charge in [0.2, 0.25) is 0 Å². The summed E-state index contributed by atoms with van der Waals surface area (Å²) in [6, 6.07) is 0. The molecule has 1 N–H and O–H groups in total. The summed E-state index contributed by atoms with van der Waals surface area (Å²) < 4.78 is 5.73. The number of unbranched alkanes of at least 4 members (excludes halogenated alkanes) is 17. The molecule has 0 fully saturated rings. The molecule has 0 aromatic rings. The molecular weight excluding hydrogens is 486 g/mol. The number of hydrogen-bond donors (Lipinski definition) is 1. The molecule has 0 amide bonds. The van der Waals surface area contributed by atoms with Gasteiger partial charge in [-0.1, -0.05) is 117 Å². The number of ether oxygens (including phenoxy) is 1. The van der Waals surface area contributed by atoms with Crippen LogP contribution in [0.25, 0.3) is 0 Å². The fourth-order valence-electron chi connectivity index (χ4n) is 5.37. The highest BCUT2D eigenvalue weighted by molar-refractivity contribution is 5.69. The lowest BCUT2D eigenvalue weighted by Gasteiger charge is -2.21. The Morgan fingerprint density at radius 1 is 0.667 bits per heavy atom. The Hall–Kier alpha value is -0.940. The van der Waals surface area contributed by atoms with Gasteiger partial charge in [-0.05, 0) is 57.5 Å². The lowest BCUT2D eigenvalue weighted by molar-refractivity contribution is -0.145. The third-order valence-corrected chi connectivity index (χ3v) is 7.98. The van der Waals surface area contributed by atoms with Crippen LogP contribution in [-0.2, 0) is 14.3 Å². The van der Waals surface area contributed by atoms with Crippen molar-refractivity contribution in [1.29, 1.82) is 0 Å². The van der Waals surface area contributed by atoms with E-state index in [1.54, 1.807) is 0 Å². The van der Waals surface area contributed by atoms with E-state index in [0.29, 0.717) is 25.4 Å². The van der Waals surface area contributed by atoms with Gasteiger partial charge < -0.3 is 19.5 Å². The van der Waals surface area contributed by atoms with Crippen LogP contribution in [0.5, 0.6) is 0 Å². The molecule has 0 saturated carbocycles. The number of carbonyl (C=O) groups is 2. The molecule has 0 aromatic heterocycles. The molecule has 0 saturated heterocycles. The first-order valence-electron chi connectivity index (χ1n) is 17.1. The molecule has 0 aliphatic carbocycles. The van der Waals surface area contributed by atoms with Gasteiger partial charge in [0, 0.05) is 19.4 Å². The Morgan fingerprint density at radius 3 is 1.72 bits per heavy atom. The number of aliphatic hydroxyl groups is 1. The van der Waals surface area contributed by atoms with Gasteiger partial charge in [-0.3, -0.25) is 4.79 Å². The average Bonchev–Trinajstić information content (AvgIpc) is 2.94. The zero-order valence-corrected chi connectivity index (χ0v) is 26.3. The molecule has 0 aliphatic rings. The first-order chi connectivity index (χ1) is 19.2. The summed E-state index contributed by atoms with van der Waals surface area (Å²) in [4.78, 5) is 25.1. The first-order valence-corrected chi connectivity index (χ1v) is 17.1. The molecule has 39 heavy (non-hydrogen) atoms. The van der Waals surface area contributed by atoms with E-state index in [-0.39, 0.29) is 12.6 Å². The Balaban J connectivity index is 3.93. The van der Waals surface area contributed by atoms with Crippen LogP contribution >= 0.6 is 0 Å². The van der Waals surface area contributed by atoms with Crippen molar-refractivity contribution in [3.05, 3.63) is 0 Å². The van der Waals surface area contributed by atoms with Crippen LogP contribution in [0.4, 0.5) is 0 Å². The smallest absolute Gasteiger partial charge is 0.305 e. The summed E-state index contributed by atoms with van der Waals surface area (Å²) in [5.41, 5.74) is 0. The number of hydrogen-bond acceptors (Lipinski definition) is 5. The molecule has 0 rings (SSSR count). The lowest BCUT2D eigenvalue weighted by Crippen LogP contribution is -2.29. The van der Waals surface area contributed by atoms with Crippen molar-refractivity contribution in [3.8, 4) is 0 Å². The minimum atomic E-state index is -0.00298. The van der Waals surface area contributed by atoms with Gasteiger partial charge in [-0.15, -0.1) is 0 Å². The Morgan fingerprint density at radius 2 is 1.15 bits per heavy atom. The zero-order chi connectivity index (χ0) is 28.7. The fraction of sp³-hybridized carbons (Fsp3) is 0.941. The minimum absolute atomic E-state index is 0.00298. The molecule has 232 valence electrons. The Bertz CT molecular complexity index is 513. The van der Waals surface area contributed by atoms with Crippen molar-refractivity contribution in [1.82, 2.24) is 4.90 Å². The van der Waals surface area contributed by atoms with Crippen LogP contribution in [0.2, 0.25) is 0 Å². The number of aliphatic hydroxyl groups excluding tert-OH is 1. The van der Waals surface area contributed by atoms with E-state index in [4.69, 9.17) is 4.74 Å². The summed E-state index contributed by atoms with van der Waals surface area (Å²) in [5, 5.41) is 9.37. The molecule has 0 bridgehead atoms. The maximum Gasteiger partial charge on any atom is 0.305 e. The Labute approximate surface area is 243 Å². The summed E-state index contributed by atoms with van der Waals surface area (Å²) in [7, 11) is 0. The standard InChI is InChI=1S/C34H67NO4/c1-3-5-7-9-13-19-25-33(24-18-8-6-4-2)32-39-34(38)26-20-14-12-16-22-28-35(29-31-37)27-21-15-10-11-17-23-30-36/h30,33,37H,3-29,31-32H2,1-2H3. The van der Waals surface area contributed by atoms with Gasteiger partial charge in [-0.25, -0.2) is 0 Å². The molecular formula is C34H67NO4. The second-order valence-electron chi connectivity index (χ2n) is 11.8. The van der Waals surface area contributed by atoms with Crippen molar-refractivity contribution in [2.45, 2.75) is 168 Å². The van der Waals surface area contributed by atoms with Crippen LogP contribution in [0.3, 0.4) is 0 Å². The molecule has 0 aliphatic heterocycles. The van der Waals surface area contributed by atoms with Crippen LogP contribution in [-0.4, -0.2) is 55.1 Å². The molecule has 5 heteroatoms. The molecule has 0 aromatic carbocycles. The van der Waals surface area contributed by atoms with Crippen LogP contribution in [0, 0.1) is 5.92 Å². The molecule has 0 radical (unpaired) electrons. The number of rotatable bonds is 32. The van der Waals surface area contributed by atoms with E-state index in [0.717, 1.165) is 64.4 Å². The van der Waals surface area contributed by atoms with Crippen molar-refractivity contribution in [2.24, 2.45) is 5.92 Å². The van der Waals surface area contributed by atoms with E-state index < -0.39 is 0 Å². The molecule has 0 spiro atoms. The molecule has 0 heterocycles. The largest absolute Gasteiger partial charge is 0.465 e. The van der Waals surface area contributed by atoms with Crippen LogP contribution < -0.4 is 0 Å². The van der Waals surface area contributed by atoms with E-state index in [2.05, 4.69) is 18.7 Å². The summed E-state index contributed by atoms with van der Waals surface area (Å²) in [6.45, 7) is 8.23. The maximum atomic E-state index is 12.4. The van der Waals surface area contributed by atoms with Gasteiger partial charge in [-0.2, -0.15) is 0 Å². The number of aldehydes is 1. The van der Waals surface area contributed by atoms with Crippen molar-refractivity contribution in [3.63, 3.8) is 0 Å². The molecule has 5 nitrogen and oxygen atoms in total. The number of carbonyl (C=O) groups excluding carboxylic acids is 2. The Kier molecular flexibility index (Phi) is 30.8. The van der Waals surface area contributed by atoms with E-state index >= 15 is 0 Å². The highest BCUT2D eigenvalue weighted by Crippen LogP contribution is 2.20. The van der Waals surface area contributed by atoms with Crippen molar-refractivity contribution >= 4 is 12.3 Å². The summed E-state index contributed by atoms with van der Waals surface area (Å²) in [5.74, 6) is 0.540. The minimum Gasteiger partial charge on any atom is -0.465 e. The number of nitrogens with zero attached hydrogens (tertiary/aromatic N) is 1. The summed E-state index contributed by atoms with van der Waals surface area (Å²) in [6.07, 6.45) is 29.0. The van der Waals surface area contributed by atoms with Gasteiger partial charge >= 0.3 is 5.97 Å². The molecule has 1 atom stereocenters. The van der Waals surface area contributed by atoms with E-state index in [9.17, 15) is 14.7 Å². The predicted octanol–water partition coefficient (Wildman–Crippen LogP) is 9.04. The van der Waals surface area contributed by atoms with E-state index in [1.807, 2.05) is 0 Å². The molecule has 1 unspecified atom stereocenters. The fourth-order valence-corrected chi connectivity index (χ4v) is 5.37. The second kappa shape index (κ2) is 31.6. The highest BCUT2D eigenvalue weighted by atomic mass is 16.5. The van der Waals surface area contributed by atoms with Crippen molar-refractivity contribution < 1.29 is 19.4 Å². The van der Waals surface area contributed by atoms with E-state index in [1.165, 1.54) is 103 Å². The second-order valence-corrected chi connectivity index (χ2v) is 11.8. The normalized spacial score (nSPS) is 12.2. The quantitative estimate of drug-likeness (QED) is 0.0511. The number of esters is 1. The predicted molar refractivity (Wildman–Crippen MR) is 166 cm³/mol. The topological polar surface area (TPSA) is 66.8 Å². The van der Waals surface area contributed by atoms with Gasteiger partial charge in [0.15, 0.2) is 0 Å². The van der Waals surface area contributed by atoms with Gasteiger partial charge in [0.1, 0.15) is 6.29 Å². The monoisotopic (exact) mass is 554 g/mol. The maximum absolute atomic E-state index is 12.4. The lowest BCUT2D eigenvalue weighted by atomic mass is 9.95. The average molecular weight is 554 g/mol. The van der Waals surface area contributed by atoms with Crippen LogP contribution in [0.1, 0.15) is 168 Å². The third-order valence-electron chi connectivity index (χ3n) is 7.98. The van der Waals surface area contributed by atoms with Gasteiger partial charge in [0.05, 0.1) is 13.2 Å². The van der Waals surface area contributed by atoms with Crippen LogP contribution in [0.15, 0.2) is 0 Å². The zero-order valence-electron chi connectivity index (χ0n) is 26.3. The van der Waals surface area contributed by atoms with Crippen molar-refractivity contribution in [2.75, 3.05) is 32.8 Å². The first kappa shape index (κ1) is 38.1.